The standard InChI is InChI=1S/C15H22N2O3S/c1-3-19-13-7-6-11(9-14(13)18-2)17-15(21)16-10-12-5-4-8-20-12/h6-7,9,12H,3-5,8,10H2,1-2H3,(H2,16,17,21)/t12-/m0/s1. The Bertz CT molecular complexity index is 476. The summed E-state index contributed by atoms with van der Waals surface area (Å²) in [6.07, 6.45) is 2.48. The second kappa shape index (κ2) is 8.05. The molecule has 1 fully saturated rings. The van der Waals surface area contributed by atoms with Gasteiger partial charge in [0.25, 0.3) is 0 Å². The van der Waals surface area contributed by atoms with E-state index in [1.165, 1.54) is 0 Å². The Morgan fingerprint density at radius 2 is 2.29 bits per heavy atom. The number of hydrogen-bond acceptors (Lipinski definition) is 4. The van der Waals surface area contributed by atoms with Gasteiger partial charge < -0.3 is 24.8 Å². The molecular formula is C15H22N2O3S. The Hall–Kier alpha value is -1.53. The van der Waals surface area contributed by atoms with Gasteiger partial charge in [0.15, 0.2) is 16.6 Å². The Kier molecular flexibility index (Phi) is 6.07. The lowest BCUT2D eigenvalue weighted by Crippen LogP contribution is -2.34. The van der Waals surface area contributed by atoms with Crippen molar-refractivity contribution >= 4 is 23.0 Å². The average Bonchev–Trinajstić information content (AvgIpc) is 3.00. The van der Waals surface area contributed by atoms with E-state index in [0.29, 0.717) is 17.5 Å². The van der Waals surface area contributed by atoms with E-state index >= 15 is 0 Å². The summed E-state index contributed by atoms with van der Waals surface area (Å²) in [5, 5.41) is 6.89. The number of thiocarbonyl (C=S) groups is 1. The van der Waals surface area contributed by atoms with E-state index < -0.39 is 0 Å². The van der Waals surface area contributed by atoms with Crippen molar-refractivity contribution in [2.45, 2.75) is 25.9 Å². The minimum absolute atomic E-state index is 0.264. The molecule has 5 nitrogen and oxygen atoms in total. The summed E-state index contributed by atoms with van der Waals surface area (Å²) in [7, 11) is 1.62. The van der Waals surface area contributed by atoms with Gasteiger partial charge in [-0.25, -0.2) is 0 Å². The fraction of sp³-hybridized carbons (Fsp3) is 0.533. The van der Waals surface area contributed by atoms with Gasteiger partial charge in [0, 0.05) is 24.9 Å². The van der Waals surface area contributed by atoms with Crippen molar-refractivity contribution in [1.82, 2.24) is 5.32 Å². The molecule has 0 amide bonds. The van der Waals surface area contributed by atoms with Crippen LogP contribution in [0.2, 0.25) is 0 Å². The molecule has 2 N–H and O–H groups in total. The van der Waals surface area contributed by atoms with Gasteiger partial charge in [-0.05, 0) is 44.1 Å². The third-order valence-corrected chi connectivity index (χ3v) is 3.48. The summed E-state index contributed by atoms with van der Waals surface area (Å²) in [4.78, 5) is 0. The fourth-order valence-corrected chi connectivity index (χ4v) is 2.41. The lowest BCUT2D eigenvalue weighted by molar-refractivity contribution is 0.114. The summed E-state index contributed by atoms with van der Waals surface area (Å²) in [5.41, 5.74) is 0.861. The average molecular weight is 310 g/mol. The molecule has 1 atom stereocenters. The van der Waals surface area contributed by atoms with Gasteiger partial charge >= 0.3 is 0 Å². The second-order valence-corrected chi connectivity index (χ2v) is 5.18. The number of anilines is 1. The van der Waals surface area contributed by atoms with Gasteiger partial charge in [-0.15, -0.1) is 0 Å². The maximum Gasteiger partial charge on any atom is 0.170 e. The van der Waals surface area contributed by atoms with Gasteiger partial charge in [-0.2, -0.15) is 0 Å². The number of ether oxygens (including phenoxy) is 3. The number of rotatable bonds is 6. The molecule has 0 unspecified atom stereocenters. The molecule has 0 spiro atoms. The number of benzene rings is 1. The molecule has 6 heteroatoms. The van der Waals surface area contributed by atoms with Gasteiger partial charge in [0.2, 0.25) is 0 Å². The van der Waals surface area contributed by atoms with Gasteiger partial charge in [0.05, 0.1) is 19.8 Å². The zero-order chi connectivity index (χ0) is 15.1. The SMILES string of the molecule is CCOc1ccc(NC(=S)NC[C@@H]2CCCO2)cc1OC. The third-order valence-electron chi connectivity index (χ3n) is 3.24. The minimum Gasteiger partial charge on any atom is -0.493 e. The van der Waals surface area contributed by atoms with Crippen LogP contribution in [0.25, 0.3) is 0 Å². The van der Waals surface area contributed by atoms with Crippen LogP contribution in [0.1, 0.15) is 19.8 Å². The highest BCUT2D eigenvalue weighted by atomic mass is 32.1. The highest BCUT2D eigenvalue weighted by Gasteiger charge is 2.15. The molecule has 1 aromatic rings. The molecule has 1 aliphatic heterocycles. The predicted molar refractivity (Wildman–Crippen MR) is 87.4 cm³/mol. The smallest absolute Gasteiger partial charge is 0.170 e. The second-order valence-electron chi connectivity index (χ2n) is 4.77. The number of hydrogen-bond donors (Lipinski definition) is 2. The molecule has 1 aromatic carbocycles. The summed E-state index contributed by atoms with van der Waals surface area (Å²) in [6.45, 7) is 4.13. The van der Waals surface area contributed by atoms with Crippen molar-refractivity contribution in [3.05, 3.63) is 18.2 Å². The largest absolute Gasteiger partial charge is 0.493 e. The summed E-state index contributed by atoms with van der Waals surface area (Å²) < 4.78 is 16.3. The molecule has 116 valence electrons. The van der Waals surface area contributed by atoms with Crippen LogP contribution in [0.4, 0.5) is 5.69 Å². The Morgan fingerprint density at radius 1 is 1.43 bits per heavy atom. The first-order chi connectivity index (χ1) is 10.2. The van der Waals surface area contributed by atoms with Crippen molar-refractivity contribution in [2.24, 2.45) is 0 Å². The van der Waals surface area contributed by atoms with Crippen molar-refractivity contribution in [3.8, 4) is 11.5 Å². The first-order valence-electron chi connectivity index (χ1n) is 7.20. The van der Waals surface area contributed by atoms with Crippen molar-refractivity contribution in [2.75, 3.05) is 32.2 Å². The van der Waals surface area contributed by atoms with E-state index in [9.17, 15) is 0 Å². The Labute approximate surface area is 131 Å². The molecule has 1 heterocycles. The molecule has 0 radical (unpaired) electrons. The van der Waals surface area contributed by atoms with Gasteiger partial charge in [0.1, 0.15) is 0 Å². The number of nitrogens with one attached hydrogen (secondary N) is 2. The molecule has 2 rings (SSSR count). The van der Waals surface area contributed by atoms with E-state index in [0.717, 1.165) is 37.4 Å². The quantitative estimate of drug-likeness (QED) is 0.788. The van der Waals surface area contributed by atoms with Crippen LogP contribution in [0.3, 0.4) is 0 Å². The summed E-state index contributed by atoms with van der Waals surface area (Å²) in [6, 6.07) is 5.64. The van der Waals surface area contributed by atoms with E-state index in [1.54, 1.807) is 7.11 Å². The molecule has 0 aromatic heterocycles. The maximum absolute atomic E-state index is 5.55. The van der Waals surface area contributed by atoms with E-state index in [1.807, 2.05) is 25.1 Å². The first-order valence-corrected chi connectivity index (χ1v) is 7.61. The molecule has 1 aliphatic rings. The van der Waals surface area contributed by atoms with Crippen LogP contribution in [-0.2, 0) is 4.74 Å². The zero-order valence-electron chi connectivity index (χ0n) is 12.5. The molecule has 0 saturated carbocycles. The van der Waals surface area contributed by atoms with E-state index in [2.05, 4.69) is 10.6 Å². The van der Waals surface area contributed by atoms with Gasteiger partial charge in [-0.1, -0.05) is 0 Å². The summed E-state index contributed by atoms with van der Waals surface area (Å²) >= 11 is 5.28. The minimum atomic E-state index is 0.264. The lowest BCUT2D eigenvalue weighted by Gasteiger charge is -2.15. The van der Waals surface area contributed by atoms with E-state index in [4.69, 9.17) is 26.4 Å². The Balaban J connectivity index is 1.87. The van der Waals surface area contributed by atoms with Crippen LogP contribution in [0.5, 0.6) is 11.5 Å². The third kappa shape index (κ3) is 4.75. The van der Waals surface area contributed by atoms with Crippen molar-refractivity contribution < 1.29 is 14.2 Å². The highest BCUT2D eigenvalue weighted by Crippen LogP contribution is 2.30. The predicted octanol–water partition coefficient (Wildman–Crippen LogP) is 2.56. The van der Waals surface area contributed by atoms with Crippen LogP contribution in [0.15, 0.2) is 18.2 Å². The lowest BCUT2D eigenvalue weighted by atomic mass is 10.2. The molecule has 1 saturated heterocycles. The van der Waals surface area contributed by atoms with Crippen LogP contribution in [0, 0.1) is 0 Å². The Morgan fingerprint density at radius 3 is 2.95 bits per heavy atom. The van der Waals surface area contributed by atoms with Crippen LogP contribution in [-0.4, -0.2) is 38.1 Å². The first kappa shape index (κ1) is 15.9. The van der Waals surface area contributed by atoms with Crippen molar-refractivity contribution in [1.29, 1.82) is 0 Å². The van der Waals surface area contributed by atoms with Gasteiger partial charge in [-0.3, -0.25) is 0 Å². The monoisotopic (exact) mass is 310 g/mol. The maximum atomic E-state index is 5.55. The van der Waals surface area contributed by atoms with E-state index in [-0.39, 0.29) is 6.10 Å². The van der Waals surface area contributed by atoms with Crippen molar-refractivity contribution in [3.63, 3.8) is 0 Å². The normalized spacial score (nSPS) is 17.3. The van der Waals surface area contributed by atoms with Crippen LogP contribution < -0.4 is 20.1 Å². The molecule has 0 aliphatic carbocycles. The molecule has 21 heavy (non-hydrogen) atoms. The summed E-state index contributed by atoms with van der Waals surface area (Å²) in [5.74, 6) is 1.41. The zero-order valence-corrected chi connectivity index (χ0v) is 13.3. The highest BCUT2D eigenvalue weighted by molar-refractivity contribution is 7.80. The molecular weight excluding hydrogens is 288 g/mol. The fourth-order valence-electron chi connectivity index (χ4n) is 2.21. The topological polar surface area (TPSA) is 51.8 Å². The number of methoxy groups -OCH3 is 1. The molecule has 0 bridgehead atoms. The van der Waals surface area contributed by atoms with Crippen LogP contribution >= 0.6 is 12.2 Å².